The summed E-state index contributed by atoms with van der Waals surface area (Å²) in [5.74, 6) is 0.611. The number of rotatable bonds is 1. The van der Waals surface area contributed by atoms with Crippen molar-refractivity contribution in [2.24, 2.45) is 5.41 Å². The Labute approximate surface area is 108 Å². The molecule has 3 rings (SSSR count). The lowest BCUT2D eigenvalue weighted by molar-refractivity contribution is -0.136. The molecule has 2 aliphatic heterocycles. The molecule has 2 unspecified atom stereocenters. The maximum Gasteiger partial charge on any atom is 0.229 e. The maximum atomic E-state index is 12.6. The van der Waals surface area contributed by atoms with E-state index in [9.17, 15) is 4.79 Å². The Morgan fingerprint density at radius 2 is 2.22 bits per heavy atom. The summed E-state index contributed by atoms with van der Waals surface area (Å²) in [7, 11) is 0. The molecule has 0 saturated carbocycles. The van der Waals surface area contributed by atoms with Crippen molar-refractivity contribution in [3.8, 4) is 0 Å². The van der Waals surface area contributed by atoms with Crippen molar-refractivity contribution in [3.05, 3.63) is 30.1 Å². The van der Waals surface area contributed by atoms with Crippen LogP contribution in [0.15, 0.2) is 24.5 Å². The summed E-state index contributed by atoms with van der Waals surface area (Å²) in [5, 5.41) is 0. The Balaban J connectivity index is 2.03. The molecule has 3 heteroatoms. The fourth-order valence-electron chi connectivity index (χ4n) is 3.74. The standard InChI is InChI=1S/C15H20N2O/c1-15(2)13(11-6-5-8-16-10-11)12-7-3-4-9-17(12)14(15)18/h5-6,8,10,12-13H,3-4,7,9H2,1-2H3. The summed E-state index contributed by atoms with van der Waals surface area (Å²) in [6.07, 6.45) is 7.25. The molecule has 96 valence electrons. The van der Waals surface area contributed by atoms with Gasteiger partial charge in [0.1, 0.15) is 0 Å². The predicted molar refractivity (Wildman–Crippen MR) is 70.1 cm³/mol. The Kier molecular flexibility index (Phi) is 2.65. The molecule has 3 heterocycles. The van der Waals surface area contributed by atoms with Gasteiger partial charge in [-0.1, -0.05) is 19.9 Å². The van der Waals surface area contributed by atoms with E-state index in [2.05, 4.69) is 29.8 Å². The molecule has 18 heavy (non-hydrogen) atoms. The summed E-state index contributed by atoms with van der Waals surface area (Å²) in [4.78, 5) is 18.9. The van der Waals surface area contributed by atoms with E-state index in [0.29, 0.717) is 17.9 Å². The van der Waals surface area contributed by atoms with Crippen molar-refractivity contribution in [3.63, 3.8) is 0 Å². The molecule has 0 aliphatic carbocycles. The van der Waals surface area contributed by atoms with Crippen LogP contribution in [0.3, 0.4) is 0 Å². The first-order valence-corrected chi connectivity index (χ1v) is 6.83. The molecular formula is C15H20N2O. The van der Waals surface area contributed by atoms with Gasteiger partial charge in [0.05, 0.1) is 5.41 Å². The fraction of sp³-hybridized carbons (Fsp3) is 0.600. The molecule has 3 nitrogen and oxygen atoms in total. The number of hydrogen-bond acceptors (Lipinski definition) is 2. The topological polar surface area (TPSA) is 33.2 Å². The molecule has 0 bridgehead atoms. The largest absolute Gasteiger partial charge is 0.339 e. The molecule has 0 N–H and O–H groups in total. The van der Waals surface area contributed by atoms with Crippen molar-refractivity contribution in [2.45, 2.75) is 45.1 Å². The summed E-state index contributed by atoms with van der Waals surface area (Å²) in [6.45, 7) is 5.11. The summed E-state index contributed by atoms with van der Waals surface area (Å²) >= 11 is 0. The molecule has 1 aromatic rings. The van der Waals surface area contributed by atoms with Crippen LogP contribution in [0.2, 0.25) is 0 Å². The monoisotopic (exact) mass is 244 g/mol. The molecule has 2 saturated heterocycles. The SMILES string of the molecule is CC1(C)C(=O)N2CCCCC2C1c1cccnc1. The molecule has 1 amide bonds. The number of piperidine rings is 1. The minimum Gasteiger partial charge on any atom is -0.339 e. The van der Waals surface area contributed by atoms with Crippen LogP contribution in [-0.4, -0.2) is 28.4 Å². The highest BCUT2D eigenvalue weighted by Crippen LogP contribution is 2.50. The first-order chi connectivity index (χ1) is 8.62. The van der Waals surface area contributed by atoms with Crippen LogP contribution in [0.1, 0.15) is 44.6 Å². The van der Waals surface area contributed by atoms with Gasteiger partial charge >= 0.3 is 0 Å². The number of aromatic nitrogens is 1. The zero-order valence-corrected chi connectivity index (χ0v) is 11.1. The van der Waals surface area contributed by atoms with Crippen molar-refractivity contribution in [2.75, 3.05) is 6.54 Å². The van der Waals surface area contributed by atoms with E-state index in [1.54, 1.807) is 6.20 Å². The third-order valence-electron chi connectivity index (χ3n) is 4.57. The van der Waals surface area contributed by atoms with Gasteiger partial charge in [-0.25, -0.2) is 0 Å². The third kappa shape index (κ3) is 1.57. The van der Waals surface area contributed by atoms with Gasteiger partial charge in [-0.05, 0) is 30.9 Å². The van der Waals surface area contributed by atoms with Gasteiger partial charge in [0.25, 0.3) is 0 Å². The predicted octanol–water partition coefficient (Wildman–Crippen LogP) is 2.59. The number of carbonyl (C=O) groups excluding carboxylic acids is 1. The normalized spacial score (nSPS) is 30.3. The molecule has 0 spiro atoms. The average Bonchev–Trinajstić information content (AvgIpc) is 2.59. The van der Waals surface area contributed by atoms with Crippen LogP contribution in [0.4, 0.5) is 0 Å². The Hall–Kier alpha value is -1.38. The lowest BCUT2D eigenvalue weighted by atomic mass is 9.73. The molecular weight excluding hydrogens is 224 g/mol. The van der Waals surface area contributed by atoms with Gasteiger partial charge in [0.15, 0.2) is 0 Å². The highest BCUT2D eigenvalue weighted by Gasteiger charge is 2.54. The lowest BCUT2D eigenvalue weighted by Crippen LogP contribution is -2.39. The maximum absolute atomic E-state index is 12.6. The van der Waals surface area contributed by atoms with E-state index in [1.807, 2.05) is 12.3 Å². The number of fused-ring (bicyclic) bond motifs is 1. The van der Waals surface area contributed by atoms with Gasteiger partial charge in [-0.2, -0.15) is 0 Å². The second kappa shape index (κ2) is 4.08. The molecule has 2 fully saturated rings. The molecule has 1 aromatic heterocycles. The zero-order valence-electron chi connectivity index (χ0n) is 11.1. The number of carbonyl (C=O) groups is 1. The Morgan fingerprint density at radius 1 is 1.39 bits per heavy atom. The number of pyridine rings is 1. The van der Waals surface area contributed by atoms with Crippen LogP contribution in [0.25, 0.3) is 0 Å². The van der Waals surface area contributed by atoms with Crippen LogP contribution in [0, 0.1) is 5.41 Å². The Bertz CT molecular complexity index is 455. The highest BCUT2D eigenvalue weighted by atomic mass is 16.2. The smallest absolute Gasteiger partial charge is 0.229 e. The number of amides is 1. The van der Waals surface area contributed by atoms with E-state index in [-0.39, 0.29) is 5.41 Å². The first kappa shape index (κ1) is 11.7. The molecule has 0 radical (unpaired) electrons. The van der Waals surface area contributed by atoms with Crippen LogP contribution in [0.5, 0.6) is 0 Å². The third-order valence-corrected chi connectivity index (χ3v) is 4.57. The van der Waals surface area contributed by atoms with Gasteiger partial charge < -0.3 is 4.90 Å². The van der Waals surface area contributed by atoms with Gasteiger partial charge in [0.2, 0.25) is 5.91 Å². The van der Waals surface area contributed by atoms with E-state index >= 15 is 0 Å². The summed E-state index contributed by atoms with van der Waals surface area (Å²) in [5.41, 5.74) is 0.920. The minimum absolute atomic E-state index is 0.291. The van der Waals surface area contributed by atoms with Crippen LogP contribution >= 0.6 is 0 Å². The molecule has 0 aromatic carbocycles. The fourth-order valence-corrected chi connectivity index (χ4v) is 3.74. The van der Waals surface area contributed by atoms with Gasteiger partial charge in [-0.15, -0.1) is 0 Å². The highest BCUT2D eigenvalue weighted by molar-refractivity contribution is 5.86. The van der Waals surface area contributed by atoms with Gasteiger partial charge in [-0.3, -0.25) is 9.78 Å². The quantitative estimate of drug-likeness (QED) is 0.760. The van der Waals surface area contributed by atoms with E-state index in [1.165, 1.54) is 12.0 Å². The minimum atomic E-state index is -0.294. The van der Waals surface area contributed by atoms with Crippen LogP contribution in [-0.2, 0) is 4.79 Å². The van der Waals surface area contributed by atoms with Crippen molar-refractivity contribution >= 4 is 5.91 Å². The van der Waals surface area contributed by atoms with Crippen molar-refractivity contribution in [1.29, 1.82) is 0 Å². The number of hydrogen-bond donors (Lipinski definition) is 0. The lowest BCUT2D eigenvalue weighted by Gasteiger charge is -2.33. The van der Waals surface area contributed by atoms with Gasteiger partial charge in [0, 0.05) is 30.9 Å². The van der Waals surface area contributed by atoms with Crippen LogP contribution < -0.4 is 0 Å². The summed E-state index contributed by atoms with van der Waals surface area (Å²) < 4.78 is 0. The second-order valence-electron chi connectivity index (χ2n) is 6.05. The number of nitrogens with zero attached hydrogens (tertiary/aromatic N) is 2. The van der Waals surface area contributed by atoms with E-state index in [4.69, 9.17) is 0 Å². The van der Waals surface area contributed by atoms with Crippen molar-refractivity contribution in [1.82, 2.24) is 9.88 Å². The first-order valence-electron chi connectivity index (χ1n) is 6.83. The van der Waals surface area contributed by atoms with E-state index < -0.39 is 0 Å². The zero-order chi connectivity index (χ0) is 12.8. The second-order valence-corrected chi connectivity index (χ2v) is 6.05. The molecule has 2 aliphatic rings. The molecule has 2 atom stereocenters. The summed E-state index contributed by atoms with van der Waals surface area (Å²) in [6, 6.07) is 4.47. The van der Waals surface area contributed by atoms with E-state index in [0.717, 1.165) is 19.4 Å². The van der Waals surface area contributed by atoms with Crippen molar-refractivity contribution < 1.29 is 4.79 Å². The average molecular weight is 244 g/mol. The Morgan fingerprint density at radius 3 is 2.94 bits per heavy atom.